The zero-order chi connectivity index (χ0) is 24.7. The summed E-state index contributed by atoms with van der Waals surface area (Å²) in [5, 5.41) is 39.5. The normalized spacial score (nSPS) is 25.0. The van der Waals surface area contributed by atoms with Gasteiger partial charge < -0.3 is 20.1 Å². The summed E-state index contributed by atoms with van der Waals surface area (Å²) in [6.07, 6.45) is -2.71. The topological polar surface area (TPSA) is 101 Å². The van der Waals surface area contributed by atoms with Crippen LogP contribution >= 0.6 is 46.6 Å². The lowest BCUT2D eigenvalue weighted by Crippen LogP contribution is -2.55. The molecule has 5 atom stereocenters. The maximum atomic E-state index is 13.6. The van der Waals surface area contributed by atoms with Crippen molar-refractivity contribution in [3.05, 3.63) is 63.0 Å². The average molecular weight is 557 g/mol. The zero-order valence-electron chi connectivity index (χ0n) is 16.7. The highest BCUT2D eigenvalue weighted by Crippen LogP contribution is 2.41. The largest absolute Gasteiger partial charge is 0.394 e. The lowest BCUT2D eigenvalue weighted by molar-refractivity contribution is -0.178. The van der Waals surface area contributed by atoms with Gasteiger partial charge in [0.25, 0.3) is 0 Å². The number of nitrogens with zero attached hydrogens (tertiary/aromatic N) is 3. The summed E-state index contributed by atoms with van der Waals surface area (Å²) >= 11 is 19.1. The second kappa shape index (κ2) is 10.2. The van der Waals surface area contributed by atoms with Crippen LogP contribution in [0.3, 0.4) is 0 Å². The molecule has 1 aliphatic heterocycles. The zero-order valence-corrected chi connectivity index (χ0v) is 19.8. The number of aliphatic hydroxyl groups is 3. The molecule has 1 fully saturated rings. The van der Waals surface area contributed by atoms with Crippen molar-refractivity contribution >= 4 is 46.6 Å². The molecule has 2 aromatic carbocycles. The Morgan fingerprint density at radius 3 is 2.21 bits per heavy atom. The molecule has 0 saturated carbocycles. The van der Waals surface area contributed by atoms with Gasteiger partial charge in [0.15, 0.2) is 17.5 Å². The fourth-order valence-corrected chi connectivity index (χ4v) is 5.33. The number of benzene rings is 2. The maximum Gasteiger partial charge on any atom is 0.194 e. The molecule has 1 aliphatic rings. The molecule has 1 saturated heterocycles. The highest BCUT2D eigenvalue weighted by Gasteiger charge is 2.46. The van der Waals surface area contributed by atoms with E-state index < -0.39 is 53.8 Å². The number of aromatic nitrogens is 3. The van der Waals surface area contributed by atoms with Crippen molar-refractivity contribution in [2.45, 2.75) is 34.7 Å². The summed E-state index contributed by atoms with van der Waals surface area (Å²) in [5.74, 6) is -4.44. The van der Waals surface area contributed by atoms with Gasteiger partial charge in [-0.25, -0.2) is 17.9 Å². The van der Waals surface area contributed by atoms with Crippen LogP contribution in [0.15, 0.2) is 35.4 Å². The Labute approximate surface area is 210 Å². The first-order valence-corrected chi connectivity index (χ1v) is 11.6. The third-order valence-electron chi connectivity index (χ3n) is 5.15. The average Bonchev–Trinajstić information content (AvgIpc) is 3.27. The maximum absolute atomic E-state index is 13.6. The molecular weight excluding hydrogens is 542 g/mol. The summed E-state index contributed by atoms with van der Waals surface area (Å²) in [5.41, 5.74) is -1.16. The predicted octanol–water partition coefficient (Wildman–Crippen LogP) is 4.10. The molecule has 0 aliphatic carbocycles. The minimum Gasteiger partial charge on any atom is -0.394 e. The van der Waals surface area contributed by atoms with Crippen LogP contribution in [0.1, 0.15) is 6.04 Å². The van der Waals surface area contributed by atoms with Gasteiger partial charge in [-0.15, -0.1) is 5.10 Å². The van der Waals surface area contributed by atoms with Gasteiger partial charge >= 0.3 is 0 Å². The van der Waals surface area contributed by atoms with Gasteiger partial charge in [-0.2, -0.15) is 0 Å². The van der Waals surface area contributed by atoms with Gasteiger partial charge in [-0.05, 0) is 24.3 Å². The van der Waals surface area contributed by atoms with E-state index in [-0.39, 0.29) is 26.3 Å². The van der Waals surface area contributed by atoms with E-state index in [2.05, 4.69) is 10.3 Å². The number of ether oxygens (including phenoxy) is 1. The van der Waals surface area contributed by atoms with Crippen LogP contribution in [-0.2, 0) is 4.74 Å². The van der Waals surface area contributed by atoms with Crippen molar-refractivity contribution in [2.24, 2.45) is 0 Å². The van der Waals surface area contributed by atoms with Crippen LogP contribution in [0.25, 0.3) is 11.3 Å². The van der Waals surface area contributed by atoms with Crippen LogP contribution < -0.4 is 0 Å². The van der Waals surface area contributed by atoms with E-state index in [1.165, 1.54) is 18.3 Å². The van der Waals surface area contributed by atoms with Crippen LogP contribution in [-0.4, -0.2) is 60.7 Å². The van der Waals surface area contributed by atoms with Crippen LogP contribution in [0.5, 0.6) is 0 Å². The molecule has 0 spiro atoms. The minimum absolute atomic E-state index is 0.0373. The molecule has 3 aromatic rings. The van der Waals surface area contributed by atoms with E-state index in [1.54, 1.807) is 0 Å². The Morgan fingerprint density at radius 2 is 1.62 bits per heavy atom. The lowest BCUT2D eigenvalue weighted by atomic mass is 9.97. The number of halogens is 6. The lowest BCUT2D eigenvalue weighted by Gasteiger charge is -2.41. The molecular formula is C20H15Cl3F3N3O4S. The van der Waals surface area contributed by atoms with Crippen molar-refractivity contribution in [3.63, 3.8) is 0 Å². The van der Waals surface area contributed by atoms with E-state index in [1.807, 2.05) is 0 Å². The molecule has 0 radical (unpaired) electrons. The first-order valence-electron chi connectivity index (χ1n) is 9.61. The number of thioether (sulfide) groups is 1. The predicted molar refractivity (Wildman–Crippen MR) is 119 cm³/mol. The van der Waals surface area contributed by atoms with Gasteiger partial charge in [-0.3, -0.25) is 0 Å². The molecule has 0 bridgehead atoms. The van der Waals surface area contributed by atoms with E-state index in [0.29, 0.717) is 4.90 Å². The standard InChI is InChI=1S/C20H15Cl3F3N3O4S/c21-9-3-8(4-10(22)15(9)23)34-20-19(32)17(18(31)14(6-30)33-20)29-5-13(27-28-29)7-1-11(24)16(26)12(25)2-7/h1-5,14,17-20,30-32H,6H2/t14?,17?,18-,19-,20+/m0/s1. The second-order valence-electron chi connectivity index (χ2n) is 7.35. The van der Waals surface area contributed by atoms with Gasteiger partial charge in [-0.1, -0.05) is 51.8 Å². The third-order valence-corrected chi connectivity index (χ3v) is 7.48. The molecule has 2 heterocycles. The number of hydrogen-bond donors (Lipinski definition) is 3. The van der Waals surface area contributed by atoms with Crippen LogP contribution in [0.2, 0.25) is 15.1 Å². The molecule has 0 amide bonds. The van der Waals surface area contributed by atoms with Crippen LogP contribution in [0.4, 0.5) is 13.2 Å². The summed E-state index contributed by atoms with van der Waals surface area (Å²) < 4.78 is 47.3. The molecule has 14 heteroatoms. The highest BCUT2D eigenvalue weighted by molar-refractivity contribution is 7.99. The van der Waals surface area contributed by atoms with E-state index >= 15 is 0 Å². The Balaban J connectivity index is 1.64. The van der Waals surface area contributed by atoms with Gasteiger partial charge in [0.05, 0.1) is 27.9 Å². The molecule has 4 rings (SSSR count). The summed E-state index contributed by atoms with van der Waals surface area (Å²) in [6, 6.07) is 3.34. The quantitative estimate of drug-likeness (QED) is 0.407. The monoisotopic (exact) mass is 555 g/mol. The van der Waals surface area contributed by atoms with E-state index in [0.717, 1.165) is 28.6 Å². The summed E-state index contributed by atoms with van der Waals surface area (Å²) in [7, 11) is 0. The van der Waals surface area contributed by atoms with Gasteiger partial charge in [0.2, 0.25) is 0 Å². The fraction of sp³-hybridized carbons (Fsp3) is 0.300. The van der Waals surface area contributed by atoms with Crippen molar-refractivity contribution in [2.75, 3.05) is 6.61 Å². The Morgan fingerprint density at radius 1 is 1.00 bits per heavy atom. The molecule has 1 aromatic heterocycles. The summed E-state index contributed by atoms with van der Waals surface area (Å²) in [4.78, 5) is 0.492. The molecule has 2 unspecified atom stereocenters. The van der Waals surface area contributed by atoms with Crippen LogP contribution in [0, 0.1) is 17.5 Å². The Bertz CT molecular complexity index is 1170. The Hall–Kier alpha value is -1.57. The summed E-state index contributed by atoms with van der Waals surface area (Å²) in [6.45, 7) is -0.584. The third kappa shape index (κ3) is 4.89. The van der Waals surface area contributed by atoms with E-state index in [9.17, 15) is 28.5 Å². The van der Waals surface area contributed by atoms with Gasteiger partial charge in [0, 0.05) is 10.5 Å². The fourth-order valence-electron chi connectivity index (χ4n) is 3.47. The van der Waals surface area contributed by atoms with Crippen molar-refractivity contribution in [3.8, 4) is 11.3 Å². The van der Waals surface area contributed by atoms with Crippen molar-refractivity contribution < 1.29 is 33.2 Å². The smallest absolute Gasteiger partial charge is 0.194 e. The molecule has 7 nitrogen and oxygen atoms in total. The number of hydrogen-bond acceptors (Lipinski definition) is 7. The number of rotatable bonds is 5. The number of aliphatic hydroxyl groups excluding tert-OH is 3. The molecule has 3 N–H and O–H groups in total. The SMILES string of the molecule is OCC1O[C@H](Sc2cc(Cl)c(Cl)c(Cl)c2)[C@@H](O)C(n2cc(-c3cc(F)c(F)c(F)c3)nn2)[C@H]1O. The van der Waals surface area contributed by atoms with E-state index in [4.69, 9.17) is 39.5 Å². The molecule has 34 heavy (non-hydrogen) atoms. The first kappa shape index (κ1) is 25.5. The highest BCUT2D eigenvalue weighted by atomic mass is 35.5. The van der Waals surface area contributed by atoms with Gasteiger partial charge in [0.1, 0.15) is 35.5 Å². The first-order chi connectivity index (χ1) is 16.1. The Kier molecular flexibility index (Phi) is 7.65. The second-order valence-corrected chi connectivity index (χ2v) is 9.72. The van der Waals surface area contributed by atoms with Crippen molar-refractivity contribution in [1.29, 1.82) is 0 Å². The molecule has 182 valence electrons. The minimum atomic E-state index is -1.63. The van der Waals surface area contributed by atoms with Crippen molar-refractivity contribution in [1.82, 2.24) is 15.0 Å².